The monoisotopic (exact) mass is 240 g/mol. The Morgan fingerprint density at radius 3 is 2.60 bits per heavy atom. The molecule has 1 aromatic carbocycles. The average molecular weight is 240 g/mol. The van der Waals surface area contributed by atoms with Crippen molar-refractivity contribution < 1.29 is 9.90 Å². The van der Waals surface area contributed by atoms with E-state index < -0.39 is 5.97 Å². The molecule has 0 radical (unpaired) electrons. The molecule has 0 heterocycles. The predicted molar refractivity (Wildman–Crippen MR) is 67.5 cm³/mol. The van der Waals surface area contributed by atoms with Gasteiger partial charge in [-0.25, -0.2) is 0 Å². The zero-order valence-corrected chi connectivity index (χ0v) is 9.81. The Hall–Kier alpha value is -0.870. The minimum atomic E-state index is -0.773. The molecule has 0 amide bonds. The van der Waals surface area contributed by atoms with Crippen LogP contribution in [0, 0.1) is 0 Å². The second-order valence-electron chi connectivity index (χ2n) is 3.03. The Kier molecular flexibility index (Phi) is 5.36. The van der Waals surface area contributed by atoms with E-state index in [1.807, 2.05) is 30.3 Å². The number of carboxylic acid groups (broad SMARTS) is 1. The summed E-state index contributed by atoms with van der Waals surface area (Å²) in [6, 6.07) is 9.94. The van der Waals surface area contributed by atoms with E-state index in [2.05, 4.69) is 0 Å². The molecule has 15 heavy (non-hydrogen) atoms. The lowest BCUT2D eigenvalue weighted by molar-refractivity contribution is -0.136. The van der Waals surface area contributed by atoms with Crippen LogP contribution in [0.5, 0.6) is 0 Å². The van der Waals surface area contributed by atoms with Crippen LogP contribution < -0.4 is 0 Å². The van der Waals surface area contributed by atoms with Crippen LogP contribution in [-0.4, -0.2) is 21.0 Å². The van der Waals surface area contributed by atoms with Gasteiger partial charge in [-0.3, -0.25) is 4.79 Å². The third kappa shape index (κ3) is 5.54. The molecule has 1 rings (SSSR count). The minimum absolute atomic E-state index is 0.166. The molecule has 2 nitrogen and oxygen atoms in total. The maximum absolute atomic E-state index is 10.3. The first-order valence-electron chi connectivity index (χ1n) is 4.60. The number of thioether (sulfide) groups is 1. The summed E-state index contributed by atoms with van der Waals surface area (Å²) in [5, 5.41) is 8.46. The number of hydrogen-bond acceptors (Lipinski definition) is 3. The molecule has 4 heteroatoms. The van der Waals surface area contributed by atoms with E-state index in [-0.39, 0.29) is 6.42 Å². The molecule has 1 N–H and O–H groups in total. The zero-order chi connectivity index (χ0) is 11.1. The minimum Gasteiger partial charge on any atom is -0.481 e. The van der Waals surface area contributed by atoms with E-state index in [9.17, 15) is 4.79 Å². The topological polar surface area (TPSA) is 37.3 Å². The van der Waals surface area contributed by atoms with Crippen LogP contribution >= 0.6 is 24.0 Å². The van der Waals surface area contributed by atoms with Crippen molar-refractivity contribution in [3.05, 3.63) is 35.9 Å². The van der Waals surface area contributed by atoms with E-state index in [1.54, 1.807) is 0 Å². The zero-order valence-electron chi connectivity index (χ0n) is 8.18. The third-order valence-corrected chi connectivity index (χ3v) is 3.14. The van der Waals surface area contributed by atoms with E-state index in [1.165, 1.54) is 17.3 Å². The van der Waals surface area contributed by atoms with Crippen LogP contribution in [0.15, 0.2) is 30.3 Å². The van der Waals surface area contributed by atoms with Crippen molar-refractivity contribution in [3.63, 3.8) is 0 Å². The van der Waals surface area contributed by atoms with Crippen LogP contribution in [-0.2, 0) is 11.2 Å². The summed E-state index contributed by atoms with van der Waals surface area (Å²) in [6.07, 6.45) is 0.903. The molecule has 0 unspecified atom stereocenters. The third-order valence-electron chi connectivity index (χ3n) is 1.77. The Labute approximate surface area is 98.7 Å². The molecule has 0 aromatic heterocycles. The first-order chi connectivity index (χ1) is 7.18. The fourth-order valence-electron chi connectivity index (χ4n) is 1.07. The molecule has 0 aliphatic carbocycles. The fourth-order valence-corrected chi connectivity index (χ4v) is 2.26. The van der Waals surface area contributed by atoms with Crippen molar-refractivity contribution in [2.24, 2.45) is 0 Å². The average Bonchev–Trinajstić information content (AvgIpc) is 2.18. The van der Waals surface area contributed by atoms with E-state index >= 15 is 0 Å². The van der Waals surface area contributed by atoms with Crippen LogP contribution in [0.25, 0.3) is 0 Å². The van der Waals surface area contributed by atoms with Gasteiger partial charge in [0.05, 0.1) is 10.6 Å². The Morgan fingerprint density at radius 1 is 1.33 bits per heavy atom. The van der Waals surface area contributed by atoms with Gasteiger partial charge in [0.15, 0.2) is 0 Å². The number of benzene rings is 1. The molecule has 0 spiro atoms. The summed E-state index contributed by atoms with van der Waals surface area (Å²) in [4.78, 5) is 10.3. The second kappa shape index (κ2) is 6.58. The van der Waals surface area contributed by atoms with Gasteiger partial charge < -0.3 is 5.11 Å². The van der Waals surface area contributed by atoms with Gasteiger partial charge in [-0.15, -0.1) is 11.8 Å². The van der Waals surface area contributed by atoms with Gasteiger partial charge in [0.25, 0.3) is 0 Å². The molecule has 0 bridgehead atoms. The normalized spacial score (nSPS) is 9.87. The molecule has 1 aromatic rings. The largest absolute Gasteiger partial charge is 0.481 e. The number of aliphatic carboxylic acids is 1. The lowest BCUT2D eigenvalue weighted by Gasteiger charge is -2.02. The Bertz CT molecular complexity index is 336. The number of carboxylic acids is 1. The molecule has 0 aliphatic heterocycles. The summed E-state index contributed by atoms with van der Waals surface area (Å²) < 4.78 is 0.849. The maximum atomic E-state index is 10.3. The number of thiocarbonyl (C=S) groups is 1. The molecule has 0 saturated carbocycles. The molecule has 0 atom stereocenters. The highest BCUT2D eigenvalue weighted by molar-refractivity contribution is 8.23. The van der Waals surface area contributed by atoms with Crippen molar-refractivity contribution in [1.29, 1.82) is 0 Å². The summed E-state index contributed by atoms with van der Waals surface area (Å²) in [5.41, 5.74) is 1.17. The Balaban J connectivity index is 2.28. The molecular formula is C11H12O2S2. The van der Waals surface area contributed by atoms with Crippen LogP contribution in [0.1, 0.15) is 12.0 Å². The smallest absolute Gasteiger partial charge is 0.304 e. The van der Waals surface area contributed by atoms with Crippen molar-refractivity contribution >= 4 is 34.1 Å². The number of rotatable bonds is 5. The van der Waals surface area contributed by atoms with Gasteiger partial charge in [-0.2, -0.15) is 0 Å². The van der Waals surface area contributed by atoms with Gasteiger partial charge in [0.2, 0.25) is 0 Å². The van der Waals surface area contributed by atoms with Crippen LogP contribution in [0.4, 0.5) is 0 Å². The maximum Gasteiger partial charge on any atom is 0.304 e. The van der Waals surface area contributed by atoms with Gasteiger partial charge in [0.1, 0.15) is 0 Å². The van der Waals surface area contributed by atoms with E-state index in [0.717, 1.165) is 10.6 Å². The van der Waals surface area contributed by atoms with Crippen molar-refractivity contribution in [1.82, 2.24) is 0 Å². The van der Waals surface area contributed by atoms with Crippen LogP contribution in [0.3, 0.4) is 0 Å². The molecule has 80 valence electrons. The molecule has 0 aliphatic rings. The van der Waals surface area contributed by atoms with Gasteiger partial charge >= 0.3 is 5.97 Å². The second-order valence-corrected chi connectivity index (χ2v) is 4.97. The molecule has 0 fully saturated rings. The Morgan fingerprint density at radius 2 is 2.00 bits per heavy atom. The quantitative estimate of drug-likeness (QED) is 0.803. The van der Waals surface area contributed by atoms with Crippen molar-refractivity contribution in [2.75, 3.05) is 5.75 Å². The first-order valence-corrected chi connectivity index (χ1v) is 5.99. The molecule has 0 saturated heterocycles. The fraction of sp³-hybridized carbons (Fsp3) is 0.273. The van der Waals surface area contributed by atoms with Crippen molar-refractivity contribution in [3.8, 4) is 0 Å². The van der Waals surface area contributed by atoms with Gasteiger partial charge in [-0.1, -0.05) is 42.5 Å². The summed E-state index contributed by atoms with van der Waals surface area (Å²) in [5.74, 6) is -0.217. The lowest BCUT2D eigenvalue weighted by Crippen LogP contribution is -2.00. The van der Waals surface area contributed by atoms with Gasteiger partial charge in [-0.05, 0) is 5.56 Å². The number of carbonyl (C=O) groups is 1. The first kappa shape index (κ1) is 12.2. The van der Waals surface area contributed by atoms with Gasteiger partial charge in [0, 0.05) is 12.2 Å². The van der Waals surface area contributed by atoms with E-state index in [0.29, 0.717) is 5.75 Å². The summed E-state index contributed by atoms with van der Waals surface area (Å²) in [7, 11) is 0. The molecular weight excluding hydrogens is 228 g/mol. The summed E-state index contributed by atoms with van der Waals surface area (Å²) >= 11 is 6.61. The highest BCUT2D eigenvalue weighted by Crippen LogP contribution is 2.12. The predicted octanol–water partition coefficient (Wildman–Crippen LogP) is 2.76. The highest BCUT2D eigenvalue weighted by atomic mass is 32.2. The highest BCUT2D eigenvalue weighted by Gasteiger charge is 2.02. The lowest BCUT2D eigenvalue weighted by atomic mass is 10.2. The van der Waals surface area contributed by atoms with Crippen LogP contribution in [0.2, 0.25) is 0 Å². The standard InChI is InChI=1S/C11H12O2S2/c12-10(13)6-7-15-11(14)8-9-4-2-1-3-5-9/h1-5H,6-8H2,(H,12,13). The number of hydrogen-bond donors (Lipinski definition) is 1. The summed E-state index contributed by atoms with van der Waals surface area (Å²) in [6.45, 7) is 0. The SMILES string of the molecule is O=C(O)CCSC(=S)Cc1ccccc1. The van der Waals surface area contributed by atoms with E-state index in [4.69, 9.17) is 17.3 Å². The van der Waals surface area contributed by atoms with Crippen molar-refractivity contribution in [2.45, 2.75) is 12.8 Å².